The number of benzene rings is 1. The number of hydrogen-bond donors (Lipinski definition) is 0. The third-order valence-electron chi connectivity index (χ3n) is 3.08. The number of hydrogen-bond acceptors (Lipinski definition) is 7. The van der Waals surface area contributed by atoms with Crippen molar-refractivity contribution in [1.82, 2.24) is 15.1 Å². The minimum Gasteiger partial charge on any atom is -0.338 e. The van der Waals surface area contributed by atoms with Gasteiger partial charge in [0.2, 0.25) is 11.7 Å². The van der Waals surface area contributed by atoms with Gasteiger partial charge in [-0.05, 0) is 11.4 Å². The molecule has 3 aromatic heterocycles. The molecule has 0 aliphatic carbocycles. The van der Waals surface area contributed by atoms with Gasteiger partial charge in [-0.25, -0.2) is 4.98 Å². The van der Waals surface area contributed by atoms with Crippen molar-refractivity contribution in [3.05, 3.63) is 59.1 Å². The first-order valence-electron chi connectivity index (χ1n) is 6.89. The molecule has 0 saturated carbocycles. The minimum absolute atomic E-state index is 0.620. The summed E-state index contributed by atoms with van der Waals surface area (Å²) in [5, 5.41) is 8.09. The molecule has 1 aromatic carbocycles. The molecule has 0 saturated heterocycles. The van der Waals surface area contributed by atoms with Crippen LogP contribution in [0.4, 0.5) is 0 Å². The number of aromatic nitrogens is 3. The lowest BCUT2D eigenvalue weighted by molar-refractivity contribution is 0.392. The molecule has 0 radical (unpaired) electrons. The standard InChI is InChI=1S/C16H11N3OS3/c1-2-5-11(6-3-1)12-9-22-16(17-12)23-10-14-18-15(19-20-14)13-7-4-8-21-13/h1-9H,10H2. The van der Waals surface area contributed by atoms with Gasteiger partial charge >= 0.3 is 0 Å². The summed E-state index contributed by atoms with van der Waals surface area (Å²) >= 11 is 4.85. The van der Waals surface area contributed by atoms with E-state index in [1.165, 1.54) is 0 Å². The van der Waals surface area contributed by atoms with Crippen LogP contribution in [-0.4, -0.2) is 15.1 Å². The van der Waals surface area contributed by atoms with Gasteiger partial charge < -0.3 is 4.52 Å². The Morgan fingerprint density at radius 1 is 1.00 bits per heavy atom. The molecule has 4 aromatic rings. The summed E-state index contributed by atoms with van der Waals surface area (Å²) in [6.07, 6.45) is 0. The van der Waals surface area contributed by atoms with Crippen LogP contribution in [0.3, 0.4) is 0 Å². The summed E-state index contributed by atoms with van der Waals surface area (Å²) in [6, 6.07) is 14.1. The van der Waals surface area contributed by atoms with E-state index < -0.39 is 0 Å². The molecule has 7 heteroatoms. The van der Waals surface area contributed by atoms with Gasteiger partial charge in [0, 0.05) is 10.9 Å². The molecule has 0 spiro atoms. The molecular weight excluding hydrogens is 346 g/mol. The summed E-state index contributed by atoms with van der Waals surface area (Å²) in [7, 11) is 0. The Morgan fingerprint density at radius 3 is 2.74 bits per heavy atom. The highest BCUT2D eigenvalue weighted by Gasteiger charge is 2.11. The van der Waals surface area contributed by atoms with Crippen molar-refractivity contribution in [3.8, 4) is 22.0 Å². The van der Waals surface area contributed by atoms with E-state index in [0.29, 0.717) is 17.5 Å². The predicted molar refractivity (Wildman–Crippen MR) is 94.7 cm³/mol. The van der Waals surface area contributed by atoms with E-state index >= 15 is 0 Å². The average molecular weight is 357 g/mol. The Balaban J connectivity index is 1.43. The monoisotopic (exact) mass is 357 g/mol. The first-order chi connectivity index (χ1) is 11.4. The van der Waals surface area contributed by atoms with Crippen LogP contribution in [0.2, 0.25) is 0 Å². The van der Waals surface area contributed by atoms with Gasteiger partial charge in [0.05, 0.1) is 16.3 Å². The van der Waals surface area contributed by atoms with Crippen molar-refractivity contribution >= 4 is 34.4 Å². The predicted octanol–water partition coefficient (Wildman–Crippen LogP) is 5.21. The van der Waals surface area contributed by atoms with Gasteiger partial charge in [-0.15, -0.1) is 22.7 Å². The molecule has 0 fully saturated rings. The van der Waals surface area contributed by atoms with Gasteiger partial charge in [-0.2, -0.15) is 4.98 Å². The first-order valence-corrected chi connectivity index (χ1v) is 9.63. The van der Waals surface area contributed by atoms with E-state index in [2.05, 4.69) is 32.6 Å². The number of thiazole rings is 1. The molecule has 0 aliphatic heterocycles. The van der Waals surface area contributed by atoms with Crippen LogP contribution in [0.15, 0.2) is 62.1 Å². The van der Waals surface area contributed by atoms with Crippen molar-refractivity contribution in [2.75, 3.05) is 0 Å². The Morgan fingerprint density at radius 2 is 1.91 bits per heavy atom. The van der Waals surface area contributed by atoms with Crippen LogP contribution >= 0.6 is 34.4 Å². The number of nitrogens with zero attached hydrogens (tertiary/aromatic N) is 3. The second-order valence-corrected chi connectivity index (χ2v) is 7.67. The zero-order chi connectivity index (χ0) is 15.5. The summed E-state index contributed by atoms with van der Waals surface area (Å²) in [4.78, 5) is 10.1. The fourth-order valence-corrected chi connectivity index (χ4v) is 4.33. The third-order valence-corrected chi connectivity index (χ3v) is 5.95. The van der Waals surface area contributed by atoms with E-state index in [9.17, 15) is 0 Å². The summed E-state index contributed by atoms with van der Waals surface area (Å²) in [6.45, 7) is 0. The molecule has 114 valence electrons. The van der Waals surface area contributed by atoms with Crippen molar-refractivity contribution in [2.45, 2.75) is 10.1 Å². The molecule has 0 unspecified atom stereocenters. The normalized spacial score (nSPS) is 11.0. The van der Waals surface area contributed by atoms with Crippen molar-refractivity contribution in [2.24, 2.45) is 0 Å². The highest BCUT2D eigenvalue weighted by molar-refractivity contribution is 8.00. The van der Waals surface area contributed by atoms with Crippen LogP contribution in [0.1, 0.15) is 5.89 Å². The SMILES string of the molecule is c1ccc(-c2csc(SCc3nc(-c4cccs4)no3)n2)cc1. The highest BCUT2D eigenvalue weighted by atomic mass is 32.2. The fraction of sp³-hybridized carbons (Fsp3) is 0.0625. The zero-order valence-electron chi connectivity index (χ0n) is 11.9. The maximum atomic E-state index is 5.30. The van der Waals surface area contributed by atoms with E-state index in [1.807, 2.05) is 35.7 Å². The van der Waals surface area contributed by atoms with E-state index in [1.54, 1.807) is 34.4 Å². The molecule has 0 amide bonds. The lowest BCUT2D eigenvalue weighted by Gasteiger charge is -1.94. The molecule has 23 heavy (non-hydrogen) atoms. The maximum Gasteiger partial charge on any atom is 0.237 e. The molecule has 0 bridgehead atoms. The second kappa shape index (κ2) is 6.66. The number of rotatable bonds is 5. The largest absolute Gasteiger partial charge is 0.338 e. The quantitative estimate of drug-likeness (QED) is 0.459. The molecular formula is C16H11N3OS3. The number of thiophene rings is 1. The highest BCUT2D eigenvalue weighted by Crippen LogP contribution is 2.30. The summed E-state index contributed by atoms with van der Waals surface area (Å²) in [5.41, 5.74) is 2.14. The summed E-state index contributed by atoms with van der Waals surface area (Å²) < 4.78 is 6.30. The molecule has 4 rings (SSSR count). The Hall–Kier alpha value is -1.96. The van der Waals surface area contributed by atoms with Crippen molar-refractivity contribution in [1.29, 1.82) is 0 Å². The topological polar surface area (TPSA) is 51.8 Å². The van der Waals surface area contributed by atoms with Gasteiger partial charge in [-0.1, -0.05) is 53.3 Å². The van der Waals surface area contributed by atoms with Gasteiger partial charge in [0.25, 0.3) is 0 Å². The Bertz CT molecular complexity index is 884. The Kier molecular flexibility index (Phi) is 4.23. The van der Waals surface area contributed by atoms with Crippen LogP contribution in [0.5, 0.6) is 0 Å². The molecule has 0 atom stereocenters. The third kappa shape index (κ3) is 3.36. The van der Waals surface area contributed by atoms with E-state index in [-0.39, 0.29) is 0 Å². The van der Waals surface area contributed by atoms with Crippen molar-refractivity contribution in [3.63, 3.8) is 0 Å². The minimum atomic E-state index is 0.620. The maximum absolute atomic E-state index is 5.30. The van der Waals surface area contributed by atoms with Gasteiger partial charge in [0.15, 0.2) is 4.34 Å². The summed E-state index contributed by atoms with van der Waals surface area (Å²) in [5.74, 6) is 1.90. The molecule has 0 aliphatic rings. The van der Waals surface area contributed by atoms with E-state index in [4.69, 9.17) is 4.52 Å². The first kappa shape index (κ1) is 14.6. The van der Waals surface area contributed by atoms with Crippen LogP contribution in [0.25, 0.3) is 22.0 Å². The average Bonchev–Trinajstić information content (AvgIpc) is 3.33. The van der Waals surface area contributed by atoms with Crippen LogP contribution in [-0.2, 0) is 5.75 Å². The van der Waals surface area contributed by atoms with Crippen molar-refractivity contribution < 1.29 is 4.52 Å². The lowest BCUT2D eigenvalue weighted by Crippen LogP contribution is -1.81. The molecule has 3 heterocycles. The lowest BCUT2D eigenvalue weighted by atomic mass is 10.2. The zero-order valence-corrected chi connectivity index (χ0v) is 14.3. The fourth-order valence-electron chi connectivity index (χ4n) is 2.01. The second-order valence-electron chi connectivity index (χ2n) is 4.64. The van der Waals surface area contributed by atoms with Gasteiger partial charge in [0.1, 0.15) is 0 Å². The number of thioether (sulfide) groups is 1. The van der Waals surface area contributed by atoms with Crippen LogP contribution < -0.4 is 0 Å². The Labute approximate surface area is 145 Å². The van der Waals surface area contributed by atoms with Gasteiger partial charge in [-0.3, -0.25) is 0 Å². The van der Waals surface area contributed by atoms with Crippen LogP contribution in [0, 0.1) is 0 Å². The van der Waals surface area contributed by atoms with E-state index in [0.717, 1.165) is 20.5 Å². The smallest absolute Gasteiger partial charge is 0.237 e. The molecule has 0 N–H and O–H groups in total. The molecule has 4 nitrogen and oxygen atoms in total.